The topological polar surface area (TPSA) is 42.4 Å². The van der Waals surface area contributed by atoms with Crippen LogP contribution in [0.15, 0.2) is 54.6 Å². The Labute approximate surface area is 123 Å². The van der Waals surface area contributed by atoms with Crippen molar-refractivity contribution in [3.63, 3.8) is 0 Å². The molecule has 0 aliphatic rings. The minimum Gasteiger partial charge on any atom is -0.506 e. The molecular formula is C18H17NO2. The molecule has 3 nitrogen and oxygen atoms in total. The van der Waals surface area contributed by atoms with Crippen molar-refractivity contribution >= 4 is 10.9 Å². The summed E-state index contributed by atoms with van der Waals surface area (Å²) in [5.41, 5.74) is 2.80. The first-order valence-electron chi connectivity index (χ1n) is 6.97. The van der Waals surface area contributed by atoms with E-state index in [2.05, 4.69) is 11.1 Å². The summed E-state index contributed by atoms with van der Waals surface area (Å²) in [4.78, 5) is 4.55. The van der Waals surface area contributed by atoms with Crippen molar-refractivity contribution < 1.29 is 9.84 Å². The molecule has 3 aromatic rings. The third-order valence-corrected chi connectivity index (χ3v) is 3.60. The third kappa shape index (κ3) is 2.82. The molecule has 0 saturated heterocycles. The highest BCUT2D eigenvalue weighted by Gasteiger charge is 2.05. The number of benzene rings is 2. The molecule has 0 fully saturated rings. The normalized spacial score (nSPS) is 10.7. The molecule has 21 heavy (non-hydrogen) atoms. The smallest absolute Gasteiger partial charge is 0.141 e. The quantitative estimate of drug-likeness (QED) is 0.791. The molecule has 1 N–H and O–H groups in total. The molecule has 0 unspecified atom stereocenters. The van der Waals surface area contributed by atoms with Gasteiger partial charge in [0.05, 0.1) is 7.11 Å². The van der Waals surface area contributed by atoms with Crippen LogP contribution in [-0.4, -0.2) is 17.2 Å². The molecule has 106 valence electrons. The largest absolute Gasteiger partial charge is 0.506 e. The average Bonchev–Trinajstić information content (AvgIpc) is 2.54. The van der Waals surface area contributed by atoms with Gasteiger partial charge >= 0.3 is 0 Å². The summed E-state index contributed by atoms with van der Waals surface area (Å²) in [7, 11) is 1.69. The van der Waals surface area contributed by atoms with Crippen LogP contribution in [-0.2, 0) is 12.8 Å². The standard InChI is InChI=1S/C18H17NO2/c1-21-17-8-3-2-5-13(17)9-11-15-12-10-14-6-4-7-16(20)18(14)19-15/h2-8,10,12,20H,9,11H2,1H3. The van der Waals surface area contributed by atoms with Gasteiger partial charge in [0.1, 0.15) is 17.0 Å². The molecule has 0 aliphatic carbocycles. The van der Waals surface area contributed by atoms with Crippen molar-refractivity contribution in [1.29, 1.82) is 0 Å². The predicted molar refractivity (Wildman–Crippen MR) is 83.8 cm³/mol. The Bertz CT molecular complexity index is 768. The van der Waals surface area contributed by atoms with E-state index >= 15 is 0 Å². The number of aromatic nitrogens is 1. The van der Waals surface area contributed by atoms with Crippen molar-refractivity contribution in [3.8, 4) is 11.5 Å². The van der Waals surface area contributed by atoms with E-state index in [-0.39, 0.29) is 5.75 Å². The molecule has 0 radical (unpaired) electrons. The predicted octanol–water partition coefficient (Wildman–Crippen LogP) is 3.73. The minimum atomic E-state index is 0.228. The molecule has 0 aliphatic heterocycles. The highest BCUT2D eigenvalue weighted by molar-refractivity contribution is 5.84. The lowest BCUT2D eigenvalue weighted by Gasteiger charge is -2.08. The lowest BCUT2D eigenvalue weighted by molar-refractivity contribution is 0.409. The lowest BCUT2D eigenvalue weighted by atomic mass is 10.1. The van der Waals surface area contributed by atoms with Gasteiger partial charge in [-0.1, -0.05) is 36.4 Å². The van der Waals surface area contributed by atoms with Crippen LogP contribution in [0.25, 0.3) is 10.9 Å². The molecule has 2 aromatic carbocycles. The lowest BCUT2D eigenvalue weighted by Crippen LogP contribution is -1.97. The van der Waals surface area contributed by atoms with Gasteiger partial charge in [-0.15, -0.1) is 0 Å². The highest BCUT2D eigenvalue weighted by Crippen LogP contribution is 2.23. The first kappa shape index (κ1) is 13.4. The van der Waals surface area contributed by atoms with Crippen molar-refractivity contribution in [2.75, 3.05) is 7.11 Å². The van der Waals surface area contributed by atoms with Gasteiger partial charge < -0.3 is 9.84 Å². The van der Waals surface area contributed by atoms with Crippen molar-refractivity contribution in [3.05, 3.63) is 65.9 Å². The summed E-state index contributed by atoms with van der Waals surface area (Å²) in [5.74, 6) is 1.13. The van der Waals surface area contributed by atoms with E-state index < -0.39 is 0 Å². The van der Waals surface area contributed by atoms with Crippen LogP contribution in [0.1, 0.15) is 11.3 Å². The van der Waals surface area contributed by atoms with Gasteiger partial charge in [0.25, 0.3) is 0 Å². The Morgan fingerprint density at radius 1 is 0.952 bits per heavy atom. The number of hydrogen-bond acceptors (Lipinski definition) is 3. The maximum atomic E-state index is 9.88. The van der Waals surface area contributed by atoms with E-state index in [0.29, 0.717) is 5.52 Å². The number of rotatable bonds is 4. The first-order chi connectivity index (χ1) is 10.3. The van der Waals surface area contributed by atoms with E-state index in [1.54, 1.807) is 13.2 Å². The van der Waals surface area contributed by atoms with Gasteiger partial charge in [0.15, 0.2) is 0 Å². The second-order valence-corrected chi connectivity index (χ2v) is 4.96. The van der Waals surface area contributed by atoms with Crippen molar-refractivity contribution in [1.82, 2.24) is 4.98 Å². The minimum absolute atomic E-state index is 0.228. The zero-order chi connectivity index (χ0) is 14.7. The number of fused-ring (bicyclic) bond motifs is 1. The van der Waals surface area contributed by atoms with E-state index in [9.17, 15) is 5.11 Å². The monoisotopic (exact) mass is 279 g/mol. The van der Waals surface area contributed by atoms with E-state index in [1.807, 2.05) is 42.5 Å². The SMILES string of the molecule is COc1ccccc1CCc1ccc2cccc(O)c2n1. The fourth-order valence-electron chi connectivity index (χ4n) is 2.48. The summed E-state index contributed by atoms with van der Waals surface area (Å²) in [5, 5.41) is 10.8. The molecule has 0 spiro atoms. The molecule has 1 aromatic heterocycles. The van der Waals surface area contributed by atoms with Gasteiger partial charge in [-0.05, 0) is 36.6 Å². The molecule has 3 rings (SSSR count). The van der Waals surface area contributed by atoms with Gasteiger partial charge in [0.2, 0.25) is 0 Å². The van der Waals surface area contributed by atoms with Crippen LogP contribution < -0.4 is 4.74 Å². The number of aryl methyl sites for hydroxylation is 2. The number of phenols is 1. The third-order valence-electron chi connectivity index (χ3n) is 3.60. The maximum absolute atomic E-state index is 9.88. The van der Waals surface area contributed by atoms with Crippen molar-refractivity contribution in [2.45, 2.75) is 12.8 Å². The Balaban J connectivity index is 1.84. The van der Waals surface area contributed by atoms with Crippen LogP contribution in [0.5, 0.6) is 11.5 Å². The first-order valence-corrected chi connectivity index (χ1v) is 6.97. The molecule has 1 heterocycles. The summed E-state index contributed by atoms with van der Waals surface area (Å²) in [6.45, 7) is 0. The summed E-state index contributed by atoms with van der Waals surface area (Å²) in [6.07, 6.45) is 1.67. The average molecular weight is 279 g/mol. The van der Waals surface area contributed by atoms with Crippen molar-refractivity contribution in [2.24, 2.45) is 0 Å². The fraction of sp³-hybridized carbons (Fsp3) is 0.167. The number of methoxy groups -OCH3 is 1. The van der Waals surface area contributed by atoms with Gasteiger partial charge in [-0.2, -0.15) is 0 Å². The zero-order valence-electron chi connectivity index (χ0n) is 11.9. The van der Waals surface area contributed by atoms with E-state index in [0.717, 1.165) is 29.7 Å². The highest BCUT2D eigenvalue weighted by atomic mass is 16.5. The van der Waals surface area contributed by atoms with Crippen LogP contribution in [0.3, 0.4) is 0 Å². The fourth-order valence-corrected chi connectivity index (χ4v) is 2.48. The van der Waals surface area contributed by atoms with Gasteiger partial charge in [-0.25, -0.2) is 4.98 Å². The van der Waals surface area contributed by atoms with Crippen LogP contribution in [0, 0.1) is 0 Å². The number of para-hydroxylation sites is 2. The van der Waals surface area contributed by atoms with Gasteiger partial charge in [0, 0.05) is 11.1 Å². The Hall–Kier alpha value is -2.55. The molecule has 0 atom stereocenters. The second kappa shape index (κ2) is 5.83. The Morgan fingerprint density at radius 3 is 2.67 bits per heavy atom. The molecule has 0 amide bonds. The van der Waals surface area contributed by atoms with E-state index in [1.165, 1.54) is 5.56 Å². The summed E-state index contributed by atoms with van der Waals surface area (Å²) < 4.78 is 5.36. The number of hydrogen-bond donors (Lipinski definition) is 1. The Morgan fingerprint density at radius 2 is 1.81 bits per heavy atom. The van der Waals surface area contributed by atoms with Crippen LogP contribution in [0.2, 0.25) is 0 Å². The number of phenolic OH excluding ortho intramolecular Hbond substituents is 1. The zero-order valence-corrected chi connectivity index (χ0v) is 11.9. The summed E-state index contributed by atoms with van der Waals surface area (Å²) >= 11 is 0. The summed E-state index contributed by atoms with van der Waals surface area (Å²) in [6, 6.07) is 17.5. The van der Waals surface area contributed by atoms with Crippen LogP contribution >= 0.6 is 0 Å². The van der Waals surface area contributed by atoms with Crippen LogP contribution in [0.4, 0.5) is 0 Å². The molecule has 3 heteroatoms. The maximum Gasteiger partial charge on any atom is 0.141 e. The Kier molecular flexibility index (Phi) is 3.73. The molecule has 0 bridgehead atoms. The second-order valence-electron chi connectivity index (χ2n) is 4.96. The van der Waals surface area contributed by atoms with Gasteiger partial charge in [-0.3, -0.25) is 0 Å². The molecular weight excluding hydrogens is 262 g/mol. The number of ether oxygens (including phenoxy) is 1. The number of aromatic hydroxyl groups is 1. The molecule has 0 saturated carbocycles. The number of nitrogens with zero attached hydrogens (tertiary/aromatic N) is 1. The number of pyridine rings is 1. The van der Waals surface area contributed by atoms with E-state index in [4.69, 9.17) is 4.74 Å².